The van der Waals surface area contributed by atoms with Crippen molar-refractivity contribution in [3.8, 4) is 0 Å². The van der Waals surface area contributed by atoms with E-state index in [4.69, 9.17) is 0 Å². The van der Waals surface area contributed by atoms with E-state index in [0.717, 1.165) is 4.47 Å². The Hall–Kier alpha value is -0.340. The quantitative estimate of drug-likeness (QED) is 0.866. The van der Waals surface area contributed by atoms with Crippen LogP contribution in [0.4, 0.5) is 0 Å². The van der Waals surface area contributed by atoms with Gasteiger partial charge in [0.25, 0.3) is 0 Å². The molecule has 0 saturated carbocycles. The second kappa shape index (κ2) is 5.66. The van der Waals surface area contributed by atoms with Crippen LogP contribution in [-0.2, 0) is 0 Å². The van der Waals surface area contributed by atoms with Crippen molar-refractivity contribution in [3.05, 3.63) is 34.3 Å². The lowest BCUT2D eigenvalue weighted by atomic mass is 10.0. The van der Waals surface area contributed by atoms with Crippen molar-refractivity contribution < 1.29 is 0 Å². The Morgan fingerprint density at radius 2 is 1.80 bits per heavy atom. The van der Waals surface area contributed by atoms with Crippen molar-refractivity contribution in [1.82, 2.24) is 5.32 Å². The highest BCUT2D eigenvalue weighted by Crippen LogP contribution is 2.19. The first-order valence-electron chi connectivity index (χ1n) is 5.52. The molecular formula is C13H20BrN. The van der Waals surface area contributed by atoms with Gasteiger partial charge in [0.15, 0.2) is 0 Å². The first-order valence-corrected chi connectivity index (χ1v) is 6.31. The van der Waals surface area contributed by atoms with Gasteiger partial charge >= 0.3 is 0 Å². The van der Waals surface area contributed by atoms with E-state index in [0.29, 0.717) is 18.0 Å². The van der Waals surface area contributed by atoms with E-state index in [9.17, 15) is 0 Å². The van der Waals surface area contributed by atoms with Gasteiger partial charge in [0, 0.05) is 16.6 Å². The lowest BCUT2D eigenvalue weighted by Crippen LogP contribution is -2.32. The molecule has 1 nitrogen and oxygen atoms in total. The minimum atomic E-state index is 0.403. The summed E-state index contributed by atoms with van der Waals surface area (Å²) in [6.07, 6.45) is 0. The lowest BCUT2D eigenvalue weighted by molar-refractivity contribution is 0.389. The number of nitrogens with one attached hydrogen (secondary N) is 1. The molecule has 0 aliphatic heterocycles. The molecule has 0 aromatic heterocycles. The Bertz CT molecular complexity index is 309. The Kier molecular flexibility index (Phi) is 4.81. The lowest BCUT2D eigenvalue weighted by Gasteiger charge is -2.23. The summed E-state index contributed by atoms with van der Waals surface area (Å²) in [7, 11) is 0. The average molecular weight is 270 g/mol. The van der Waals surface area contributed by atoms with Crippen LogP contribution in [0.5, 0.6) is 0 Å². The molecular weight excluding hydrogens is 250 g/mol. The molecule has 1 aromatic carbocycles. The molecule has 1 aromatic rings. The average Bonchev–Trinajstić information content (AvgIpc) is 2.17. The van der Waals surface area contributed by atoms with Crippen LogP contribution >= 0.6 is 15.9 Å². The summed E-state index contributed by atoms with van der Waals surface area (Å²) < 4.78 is 1.14. The first-order chi connectivity index (χ1) is 7.00. The van der Waals surface area contributed by atoms with Crippen LogP contribution in [0.2, 0.25) is 0 Å². The Morgan fingerprint density at radius 1 is 1.13 bits per heavy atom. The molecule has 0 heterocycles. The van der Waals surface area contributed by atoms with Gasteiger partial charge in [-0.25, -0.2) is 0 Å². The van der Waals surface area contributed by atoms with E-state index in [1.165, 1.54) is 5.56 Å². The molecule has 1 N–H and O–H groups in total. The number of hydrogen-bond donors (Lipinski definition) is 1. The molecule has 1 unspecified atom stereocenters. The van der Waals surface area contributed by atoms with Gasteiger partial charge in [0.1, 0.15) is 0 Å². The van der Waals surface area contributed by atoms with Gasteiger partial charge in [0.05, 0.1) is 0 Å². The number of benzene rings is 1. The minimum Gasteiger partial charge on any atom is -0.307 e. The summed E-state index contributed by atoms with van der Waals surface area (Å²) in [5.41, 5.74) is 1.33. The zero-order valence-electron chi connectivity index (χ0n) is 9.92. The predicted molar refractivity (Wildman–Crippen MR) is 70.0 cm³/mol. The summed E-state index contributed by atoms with van der Waals surface area (Å²) in [6, 6.07) is 9.42. The molecule has 0 aliphatic rings. The molecule has 0 bridgehead atoms. The summed E-state index contributed by atoms with van der Waals surface area (Å²) >= 11 is 3.50. The summed E-state index contributed by atoms with van der Waals surface area (Å²) in [5, 5.41) is 3.60. The summed E-state index contributed by atoms with van der Waals surface area (Å²) in [4.78, 5) is 0. The highest BCUT2D eigenvalue weighted by atomic mass is 79.9. The zero-order chi connectivity index (χ0) is 11.4. The number of halogens is 1. The van der Waals surface area contributed by atoms with Crippen LogP contribution in [0, 0.1) is 5.92 Å². The molecule has 0 saturated heterocycles. The van der Waals surface area contributed by atoms with Gasteiger partial charge < -0.3 is 5.32 Å². The fourth-order valence-electron chi connectivity index (χ4n) is 1.46. The van der Waals surface area contributed by atoms with Gasteiger partial charge in [-0.1, -0.05) is 41.9 Å². The number of hydrogen-bond acceptors (Lipinski definition) is 1. The molecule has 0 fully saturated rings. The van der Waals surface area contributed by atoms with Gasteiger partial charge in [-0.2, -0.15) is 0 Å². The highest BCUT2D eigenvalue weighted by Gasteiger charge is 2.11. The predicted octanol–water partition coefficient (Wildman–Crippen LogP) is 4.14. The molecule has 0 radical (unpaired) electrons. The minimum absolute atomic E-state index is 0.403. The third kappa shape index (κ3) is 3.96. The SMILES string of the molecule is CC(C)C(C)N[C@@H](C)c1cccc(Br)c1. The van der Waals surface area contributed by atoms with Crippen molar-refractivity contribution in [3.63, 3.8) is 0 Å². The van der Waals surface area contributed by atoms with Gasteiger partial charge in [-0.05, 0) is 37.5 Å². The Balaban J connectivity index is 2.64. The second-order valence-electron chi connectivity index (χ2n) is 4.48. The van der Waals surface area contributed by atoms with Crippen molar-refractivity contribution >= 4 is 15.9 Å². The van der Waals surface area contributed by atoms with E-state index in [1.54, 1.807) is 0 Å². The number of rotatable bonds is 4. The van der Waals surface area contributed by atoms with Crippen LogP contribution in [-0.4, -0.2) is 6.04 Å². The normalized spacial score (nSPS) is 15.3. The van der Waals surface area contributed by atoms with Gasteiger partial charge in [-0.15, -0.1) is 0 Å². The Morgan fingerprint density at radius 3 is 2.33 bits per heavy atom. The standard InChI is InChI=1S/C13H20BrN/c1-9(2)10(3)15-11(4)12-6-5-7-13(14)8-12/h5-11,15H,1-4H3/t10?,11-/m0/s1. The maximum atomic E-state index is 3.60. The smallest absolute Gasteiger partial charge is 0.0294 e. The Labute approximate surface area is 101 Å². The van der Waals surface area contributed by atoms with Crippen LogP contribution in [0.25, 0.3) is 0 Å². The summed E-state index contributed by atoms with van der Waals surface area (Å²) in [5.74, 6) is 0.666. The van der Waals surface area contributed by atoms with Crippen LogP contribution in [0.15, 0.2) is 28.7 Å². The molecule has 15 heavy (non-hydrogen) atoms. The van der Waals surface area contributed by atoms with Crippen molar-refractivity contribution in [1.29, 1.82) is 0 Å². The third-order valence-electron chi connectivity index (χ3n) is 2.86. The van der Waals surface area contributed by atoms with Crippen LogP contribution in [0.1, 0.15) is 39.3 Å². The van der Waals surface area contributed by atoms with Crippen LogP contribution in [0.3, 0.4) is 0 Å². The van der Waals surface area contributed by atoms with E-state index >= 15 is 0 Å². The van der Waals surface area contributed by atoms with Crippen molar-refractivity contribution in [2.75, 3.05) is 0 Å². The van der Waals surface area contributed by atoms with Crippen molar-refractivity contribution in [2.24, 2.45) is 5.92 Å². The summed E-state index contributed by atoms with van der Waals surface area (Å²) in [6.45, 7) is 8.93. The van der Waals surface area contributed by atoms with E-state index in [2.05, 4.69) is 73.2 Å². The van der Waals surface area contributed by atoms with E-state index in [-0.39, 0.29) is 0 Å². The molecule has 0 aliphatic carbocycles. The molecule has 84 valence electrons. The second-order valence-corrected chi connectivity index (χ2v) is 5.39. The van der Waals surface area contributed by atoms with Gasteiger partial charge in [0.2, 0.25) is 0 Å². The van der Waals surface area contributed by atoms with Crippen LogP contribution < -0.4 is 5.32 Å². The third-order valence-corrected chi connectivity index (χ3v) is 3.35. The van der Waals surface area contributed by atoms with E-state index < -0.39 is 0 Å². The topological polar surface area (TPSA) is 12.0 Å². The molecule has 0 amide bonds. The maximum Gasteiger partial charge on any atom is 0.0294 e. The highest BCUT2D eigenvalue weighted by molar-refractivity contribution is 9.10. The van der Waals surface area contributed by atoms with E-state index in [1.807, 2.05) is 0 Å². The fourth-order valence-corrected chi connectivity index (χ4v) is 1.88. The molecule has 0 spiro atoms. The zero-order valence-corrected chi connectivity index (χ0v) is 11.5. The largest absolute Gasteiger partial charge is 0.307 e. The van der Waals surface area contributed by atoms with Gasteiger partial charge in [-0.3, -0.25) is 0 Å². The monoisotopic (exact) mass is 269 g/mol. The molecule has 2 heteroatoms. The maximum absolute atomic E-state index is 3.60. The van der Waals surface area contributed by atoms with Crippen molar-refractivity contribution in [2.45, 2.75) is 39.8 Å². The first kappa shape index (κ1) is 12.7. The molecule has 2 atom stereocenters. The fraction of sp³-hybridized carbons (Fsp3) is 0.538. The molecule has 1 rings (SSSR count).